The van der Waals surface area contributed by atoms with Crippen molar-refractivity contribution in [1.29, 1.82) is 0 Å². The van der Waals surface area contributed by atoms with Gasteiger partial charge < -0.3 is 10.0 Å². The topological polar surface area (TPSA) is 26.7 Å². The van der Waals surface area contributed by atoms with Gasteiger partial charge in [0.05, 0.1) is 6.61 Å². The van der Waals surface area contributed by atoms with Crippen molar-refractivity contribution in [1.82, 2.24) is 4.90 Å². The van der Waals surface area contributed by atoms with Gasteiger partial charge in [0, 0.05) is 31.4 Å². The molecule has 1 heterocycles. The van der Waals surface area contributed by atoms with E-state index in [0.29, 0.717) is 6.04 Å². The number of piperazine rings is 1. The van der Waals surface area contributed by atoms with Crippen molar-refractivity contribution >= 4 is 5.69 Å². The summed E-state index contributed by atoms with van der Waals surface area (Å²) in [7, 11) is 0. The number of benzene rings is 1. The van der Waals surface area contributed by atoms with Crippen LogP contribution < -0.4 is 4.90 Å². The van der Waals surface area contributed by atoms with Crippen molar-refractivity contribution in [3.8, 4) is 0 Å². The van der Waals surface area contributed by atoms with Crippen LogP contribution in [0.2, 0.25) is 0 Å². The molecule has 1 saturated heterocycles. The van der Waals surface area contributed by atoms with Gasteiger partial charge in [0.2, 0.25) is 0 Å². The van der Waals surface area contributed by atoms with Crippen molar-refractivity contribution in [2.45, 2.75) is 33.4 Å². The van der Waals surface area contributed by atoms with Gasteiger partial charge >= 0.3 is 0 Å². The first-order chi connectivity index (χ1) is 8.65. The fourth-order valence-electron chi connectivity index (χ4n) is 2.85. The molecule has 0 aliphatic carbocycles. The minimum atomic E-state index is 0.126. The highest BCUT2D eigenvalue weighted by atomic mass is 16.3. The number of likely N-dealkylation sites (N-methyl/N-ethyl adjacent to an activating group) is 1. The summed E-state index contributed by atoms with van der Waals surface area (Å²) >= 11 is 0. The molecule has 1 N–H and O–H groups in total. The largest absolute Gasteiger partial charge is 0.392 e. The van der Waals surface area contributed by atoms with Crippen molar-refractivity contribution < 1.29 is 5.11 Å². The van der Waals surface area contributed by atoms with E-state index in [1.54, 1.807) is 0 Å². The van der Waals surface area contributed by atoms with E-state index >= 15 is 0 Å². The molecule has 1 aliphatic rings. The fourth-order valence-corrected chi connectivity index (χ4v) is 2.85. The summed E-state index contributed by atoms with van der Waals surface area (Å²) < 4.78 is 0. The summed E-state index contributed by atoms with van der Waals surface area (Å²) in [6, 6.07) is 6.88. The Morgan fingerprint density at radius 2 is 2.11 bits per heavy atom. The normalized spacial score (nSPS) is 21.3. The van der Waals surface area contributed by atoms with E-state index < -0.39 is 0 Å². The minimum absolute atomic E-state index is 0.126. The van der Waals surface area contributed by atoms with Crippen LogP contribution in [0.1, 0.15) is 25.0 Å². The van der Waals surface area contributed by atoms with Crippen LogP contribution >= 0.6 is 0 Å². The lowest BCUT2D eigenvalue weighted by Crippen LogP contribution is -2.51. The summed E-state index contributed by atoms with van der Waals surface area (Å²) in [5, 5.41) is 9.15. The Bertz CT molecular complexity index is 405. The van der Waals surface area contributed by atoms with Crippen LogP contribution in [-0.4, -0.2) is 42.2 Å². The Balaban J connectivity index is 2.13. The third-order valence-electron chi connectivity index (χ3n) is 3.96. The van der Waals surface area contributed by atoms with E-state index in [1.165, 1.54) is 11.3 Å². The molecule has 1 atom stereocenters. The Morgan fingerprint density at radius 1 is 1.33 bits per heavy atom. The van der Waals surface area contributed by atoms with Crippen LogP contribution in [0.5, 0.6) is 0 Å². The van der Waals surface area contributed by atoms with Gasteiger partial charge in [-0.3, -0.25) is 4.90 Å². The van der Waals surface area contributed by atoms with E-state index in [9.17, 15) is 0 Å². The molecule has 2 rings (SSSR count). The number of nitrogens with zero attached hydrogens (tertiary/aromatic N) is 2. The standard InChI is InChI=1S/C15H24N2O/c1-4-16-7-8-17(10-13(16)3)15-6-5-14(11-18)9-12(15)2/h5-6,9,13,18H,4,7-8,10-11H2,1-3H3. The lowest BCUT2D eigenvalue weighted by Gasteiger charge is -2.41. The summed E-state index contributed by atoms with van der Waals surface area (Å²) in [5.41, 5.74) is 3.57. The summed E-state index contributed by atoms with van der Waals surface area (Å²) in [5.74, 6) is 0. The predicted molar refractivity (Wildman–Crippen MR) is 76.0 cm³/mol. The zero-order chi connectivity index (χ0) is 13.1. The van der Waals surface area contributed by atoms with Crippen molar-refractivity contribution in [3.05, 3.63) is 29.3 Å². The highest BCUT2D eigenvalue weighted by Crippen LogP contribution is 2.24. The highest BCUT2D eigenvalue weighted by molar-refractivity contribution is 5.55. The van der Waals surface area contributed by atoms with Gasteiger partial charge in [0.1, 0.15) is 0 Å². The van der Waals surface area contributed by atoms with E-state index in [0.717, 1.165) is 31.7 Å². The van der Waals surface area contributed by atoms with Crippen molar-refractivity contribution in [3.63, 3.8) is 0 Å². The predicted octanol–water partition coefficient (Wildman–Crippen LogP) is 2.02. The second-order valence-corrected chi connectivity index (χ2v) is 5.20. The zero-order valence-electron chi connectivity index (χ0n) is 11.7. The number of anilines is 1. The first-order valence-corrected chi connectivity index (χ1v) is 6.85. The van der Waals surface area contributed by atoms with Gasteiger partial charge in [-0.1, -0.05) is 19.1 Å². The van der Waals surface area contributed by atoms with E-state index in [-0.39, 0.29) is 6.61 Å². The average Bonchev–Trinajstić information content (AvgIpc) is 2.38. The lowest BCUT2D eigenvalue weighted by molar-refractivity contribution is 0.199. The third-order valence-corrected chi connectivity index (χ3v) is 3.96. The van der Waals surface area contributed by atoms with Crippen LogP contribution in [0.15, 0.2) is 18.2 Å². The van der Waals surface area contributed by atoms with Crippen LogP contribution in [0.25, 0.3) is 0 Å². The second kappa shape index (κ2) is 5.72. The van der Waals surface area contributed by atoms with Crippen LogP contribution in [0.4, 0.5) is 5.69 Å². The summed E-state index contributed by atoms with van der Waals surface area (Å²) in [4.78, 5) is 4.99. The van der Waals surface area contributed by atoms with Gasteiger partial charge in [-0.25, -0.2) is 0 Å². The number of rotatable bonds is 3. The molecular weight excluding hydrogens is 224 g/mol. The van der Waals surface area contributed by atoms with Gasteiger partial charge in [-0.2, -0.15) is 0 Å². The average molecular weight is 248 g/mol. The maximum atomic E-state index is 9.15. The highest BCUT2D eigenvalue weighted by Gasteiger charge is 2.23. The maximum Gasteiger partial charge on any atom is 0.0681 e. The monoisotopic (exact) mass is 248 g/mol. The molecule has 0 radical (unpaired) electrons. The van der Waals surface area contributed by atoms with Crippen LogP contribution in [0.3, 0.4) is 0 Å². The van der Waals surface area contributed by atoms with E-state index in [1.807, 2.05) is 6.07 Å². The number of hydrogen-bond donors (Lipinski definition) is 1. The van der Waals surface area contributed by atoms with Gasteiger partial charge in [-0.15, -0.1) is 0 Å². The molecule has 0 spiro atoms. The SMILES string of the molecule is CCN1CCN(c2ccc(CO)cc2C)CC1C. The molecule has 100 valence electrons. The van der Waals surface area contributed by atoms with Crippen molar-refractivity contribution in [2.75, 3.05) is 31.1 Å². The molecule has 0 bridgehead atoms. The molecule has 3 nitrogen and oxygen atoms in total. The van der Waals surface area contributed by atoms with Crippen LogP contribution in [-0.2, 0) is 6.61 Å². The van der Waals surface area contributed by atoms with Gasteiger partial charge in [0.15, 0.2) is 0 Å². The molecule has 1 aromatic carbocycles. The number of hydrogen-bond acceptors (Lipinski definition) is 3. The smallest absolute Gasteiger partial charge is 0.0681 e. The summed E-state index contributed by atoms with van der Waals surface area (Å²) in [6.07, 6.45) is 0. The number of aliphatic hydroxyl groups excluding tert-OH is 1. The minimum Gasteiger partial charge on any atom is -0.392 e. The first-order valence-electron chi connectivity index (χ1n) is 6.85. The molecule has 18 heavy (non-hydrogen) atoms. The fraction of sp³-hybridized carbons (Fsp3) is 0.600. The Kier molecular flexibility index (Phi) is 4.25. The summed E-state index contributed by atoms with van der Waals surface area (Å²) in [6.45, 7) is 11.2. The molecule has 1 aromatic rings. The molecule has 1 unspecified atom stereocenters. The van der Waals surface area contributed by atoms with Gasteiger partial charge in [-0.05, 0) is 37.6 Å². The van der Waals surface area contributed by atoms with E-state index in [2.05, 4.69) is 42.7 Å². The zero-order valence-corrected chi connectivity index (χ0v) is 11.7. The number of aliphatic hydroxyl groups is 1. The Labute approximate surface area is 110 Å². The van der Waals surface area contributed by atoms with E-state index in [4.69, 9.17) is 5.11 Å². The molecule has 1 fully saturated rings. The maximum absolute atomic E-state index is 9.15. The quantitative estimate of drug-likeness (QED) is 0.886. The molecular formula is C15H24N2O. The van der Waals surface area contributed by atoms with Gasteiger partial charge in [0.25, 0.3) is 0 Å². The van der Waals surface area contributed by atoms with Crippen molar-refractivity contribution in [2.24, 2.45) is 0 Å². The molecule has 1 aliphatic heterocycles. The molecule has 3 heteroatoms. The molecule has 0 aromatic heterocycles. The van der Waals surface area contributed by atoms with Crippen LogP contribution in [0, 0.1) is 6.92 Å². The first kappa shape index (κ1) is 13.4. The molecule has 0 saturated carbocycles. The number of aryl methyl sites for hydroxylation is 1. The third kappa shape index (κ3) is 2.68. The molecule has 0 amide bonds. The lowest BCUT2D eigenvalue weighted by atomic mass is 10.1. The second-order valence-electron chi connectivity index (χ2n) is 5.20. The Morgan fingerprint density at radius 3 is 2.67 bits per heavy atom. The Hall–Kier alpha value is -1.06.